The van der Waals surface area contributed by atoms with E-state index >= 15 is 0 Å². The molecule has 0 aliphatic carbocycles. The number of nitrogens with one attached hydrogen (secondary N) is 1. The first kappa shape index (κ1) is 12.2. The summed E-state index contributed by atoms with van der Waals surface area (Å²) in [5.41, 5.74) is 5.60. The maximum Gasteiger partial charge on any atom is 0.0489 e. The molecule has 0 bridgehead atoms. The Morgan fingerprint density at radius 1 is 1.39 bits per heavy atom. The summed E-state index contributed by atoms with van der Waals surface area (Å²) in [6.45, 7) is 7.93. The number of benzene rings is 1. The summed E-state index contributed by atoms with van der Waals surface area (Å²) in [6.07, 6.45) is 2.39. The molecule has 96 valence electrons. The number of hydrogen-bond donors (Lipinski definition) is 1. The lowest BCUT2D eigenvalue weighted by Gasteiger charge is -2.26. The minimum atomic E-state index is 1.10. The van der Waals surface area contributed by atoms with E-state index in [4.69, 9.17) is 0 Å². The van der Waals surface area contributed by atoms with Crippen LogP contribution in [0.2, 0.25) is 0 Å². The van der Waals surface area contributed by atoms with Crippen molar-refractivity contribution in [2.45, 2.75) is 33.2 Å². The molecule has 0 atom stereocenters. The lowest BCUT2D eigenvalue weighted by Crippen LogP contribution is -2.30. The summed E-state index contributed by atoms with van der Waals surface area (Å²) in [4.78, 5) is 6.19. The topological polar surface area (TPSA) is 19.0 Å². The van der Waals surface area contributed by atoms with Crippen LogP contribution >= 0.6 is 15.9 Å². The Morgan fingerprint density at radius 2 is 2.22 bits per heavy atom. The van der Waals surface area contributed by atoms with Crippen molar-refractivity contribution in [2.75, 3.05) is 13.1 Å². The molecule has 2 nitrogen and oxygen atoms in total. The van der Waals surface area contributed by atoms with Crippen LogP contribution < -0.4 is 0 Å². The third kappa shape index (κ3) is 1.99. The van der Waals surface area contributed by atoms with E-state index in [1.165, 1.54) is 51.7 Å². The van der Waals surface area contributed by atoms with Crippen molar-refractivity contribution in [3.8, 4) is 0 Å². The fourth-order valence-corrected chi connectivity index (χ4v) is 3.58. The van der Waals surface area contributed by atoms with E-state index in [9.17, 15) is 0 Å². The van der Waals surface area contributed by atoms with Crippen LogP contribution in [0.25, 0.3) is 10.9 Å². The minimum absolute atomic E-state index is 1.10. The quantitative estimate of drug-likeness (QED) is 0.888. The highest BCUT2D eigenvalue weighted by molar-refractivity contribution is 9.10. The van der Waals surface area contributed by atoms with Crippen molar-refractivity contribution in [3.63, 3.8) is 0 Å². The average molecular weight is 307 g/mol. The van der Waals surface area contributed by atoms with Crippen LogP contribution in [-0.2, 0) is 13.0 Å². The second-order valence-corrected chi connectivity index (χ2v) is 6.17. The van der Waals surface area contributed by atoms with Crippen molar-refractivity contribution in [1.82, 2.24) is 9.88 Å². The largest absolute Gasteiger partial charge is 0.358 e. The van der Waals surface area contributed by atoms with Crippen molar-refractivity contribution in [3.05, 3.63) is 33.4 Å². The Bertz CT molecular complexity index is 586. The van der Waals surface area contributed by atoms with E-state index in [0.29, 0.717) is 0 Å². The summed E-state index contributed by atoms with van der Waals surface area (Å²) in [7, 11) is 0. The summed E-state index contributed by atoms with van der Waals surface area (Å²) in [5.74, 6) is 0. The molecule has 0 unspecified atom stereocenters. The molecular weight excluding hydrogens is 288 g/mol. The first-order chi connectivity index (χ1) is 8.69. The van der Waals surface area contributed by atoms with Crippen molar-refractivity contribution in [1.29, 1.82) is 0 Å². The van der Waals surface area contributed by atoms with Gasteiger partial charge in [-0.1, -0.05) is 22.9 Å². The number of aromatic amines is 1. The highest BCUT2D eigenvalue weighted by Gasteiger charge is 2.20. The summed E-state index contributed by atoms with van der Waals surface area (Å²) in [6, 6.07) is 4.45. The normalized spacial score (nSPS) is 16.2. The number of H-pyrrole nitrogens is 1. The van der Waals surface area contributed by atoms with Gasteiger partial charge in [-0.05, 0) is 43.1 Å². The zero-order valence-electron chi connectivity index (χ0n) is 11.0. The Labute approximate surface area is 116 Å². The summed E-state index contributed by atoms with van der Waals surface area (Å²) in [5, 5.41) is 1.40. The number of hydrogen-bond acceptors (Lipinski definition) is 1. The van der Waals surface area contributed by atoms with Crippen LogP contribution in [0.4, 0.5) is 0 Å². The summed E-state index contributed by atoms with van der Waals surface area (Å²) >= 11 is 3.61. The summed E-state index contributed by atoms with van der Waals surface area (Å²) < 4.78 is 1.18. The molecule has 0 amide bonds. The first-order valence-electron chi connectivity index (χ1n) is 6.71. The third-order valence-corrected chi connectivity index (χ3v) is 4.32. The monoisotopic (exact) mass is 306 g/mol. The molecule has 2 aromatic rings. The molecule has 18 heavy (non-hydrogen) atoms. The molecule has 1 aromatic heterocycles. The van der Waals surface area contributed by atoms with Crippen molar-refractivity contribution >= 4 is 26.8 Å². The number of fused-ring (bicyclic) bond motifs is 3. The molecule has 0 radical (unpaired) electrons. The van der Waals surface area contributed by atoms with Crippen LogP contribution in [0.3, 0.4) is 0 Å². The SMILES string of the molecule is CCCN1CCc2[nH]c3c(C)cc(Br)cc3c2C1. The number of nitrogens with zero attached hydrogens (tertiary/aromatic N) is 1. The van der Waals surface area contributed by atoms with E-state index in [0.717, 1.165) is 13.0 Å². The van der Waals surface area contributed by atoms with Gasteiger partial charge in [-0.3, -0.25) is 4.90 Å². The molecular formula is C15H19BrN2. The predicted octanol–water partition coefficient (Wildman–Crippen LogP) is 4.01. The van der Waals surface area contributed by atoms with Gasteiger partial charge in [0.25, 0.3) is 0 Å². The molecule has 1 aliphatic rings. The van der Waals surface area contributed by atoms with Crippen LogP contribution in [0.15, 0.2) is 16.6 Å². The number of aryl methyl sites for hydroxylation is 1. The fourth-order valence-electron chi connectivity index (χ4n) is 3.01. The van der Waals surface area contributed by atoms with E-state index < -0.39 is 0 Å². The van der Waals surface area contributed by atoms with Gasteiger partial charge in [0.2, 0.25) is 0 Å². The molecule has 1 aliphatic heterocycles. The second kappa shape index (κ2) is 4.71. The van der Waals surface area contributed by atoms with Crippen LogP contribution in [0.5, 0.6) is 0 Å². The first-order valence-corrected chi connectivity index (χ1v) is 7.50. The van der Waals surface area contributed by atoms with E-state index in [1.54, 1.807) is 0 Å². The van der Waals surface area contributed by atoms with E-state index in [-0.39, 0.29) is 0 Å². The molecule has 0 saturated carbocycles. The number of rotatable bonds is 2. The molecule has 3 heteroatoms. The molecule has 1 N–H and O–H groups in total. The highest BCUT2D eigenvalue weighted by atomic mass is 79.9. The lowest BCUT2D eigenvalue weighted by atomic mass is 10.0. The lowest BCUT2D eigenvalue weighted by molar-refractivity contribution is 0.255. The number of halogens is 1. The van der Waals surface area contributed by atoms with Gasteiger partial charge >= 0.3 is 0 Å². The van der Waals surface area contributed by atoms with Gasteiger partial charge in [0, 0.05) is 40.6 Å². The minimum Gasteiger partial charge on any atom is -0.358 e. The predicted molar refractivity (Wildman–Crippen MR) is 80.0 cm³/mol. The molecule has 3 rings (SSSR count). The Hall–Kier alpha value is -0.800. The van der Waals surface area contributed by atoms with E-state index in [1.807, 2.05) is 0 Å². The maximum absolute atomic E-state index is 3.63. The molecule has 0 spiro atoms. The van der Waals surface area contributed by atoms with Gasteiger partial charge in [-0.2, -0.15) is 0 Å². The average Bonchev–Trinajstić information content (AvgIpc) is 2.68. The van der Waals surface area contributed by atoms with Gasteiger partial charge in [0.05, 0.1) is 0 Å². The molecule has 0 fully saturated rings. The number of aromatic nitrogens is 1. The Kier molecular flexibility index (Phi) is 3.20. The second-order valence-electron chi connectivity index (χ2n) is 5.25. The van der Waals surface area contributed by atoms with Gasteiger partial charge < -0.3 is 4.98 Å². The van der Waals surface area contributed by atoms with Gasteiger partial charge in [-0.15, -0.1) is 0 Å². The van der Waals surface area contributed by atoms with Gasteiger partial charge in [0.15, 0.2) is 0 Å². The fraction of sp³-hybridized carbons (Fsp3) is 0.467. The highest BCUT2D eigenvalue weighted by Crippen LogP contribution is 2.31. The molecule has 1 aromatic carbocycles. The van der Waals surface area contributed by atoms with Crippen LogP contribution in [-0.4, -0.2) is 23.0 Å². The van der Waals surface area contributed by atoms with Crippen LogP contribution in [0.1, 0.15) is 30.2 Å². The van der Waals surface area contributed by atoms with Gasteiger partial charge in [0.1, 0.15) is 0 Å². The molecule has 0 saturated heterocycles. The Morgan fingerprint density at radius 3 is 3.00 bits per heavy atom. The zero-order valence-corrected chi connectivity index (χ0v) is 12.6. The smallest absolute Gasteiger partial charge is 0.0489 e. The van der Waals surface area contributed by atoms with Crippen molar-refractivity contribution < 1.29 is 0 Å². The standard InChI is InChI=1S/C15H19BrN2/c1-3-5-18-6-4-14-13(9-18)12-8-11(16)7-10(2)15(12)17-14/h7-8,17H,3-6,9H2,1-2H3. The van der Waals surface area contributed by atoms with E-state index in [2.05, 4.69) is 51.8 Å². The van der Waals surface area contributed by atoms with Crippen LogP contribution in [0, 0.1) is 6.92 Å². The maximum atomic E-state index is 3.63. The van der Waals surface area contributed by atoms with Crippen molar-refractivity contribution in [2.24, 2.45) is 0 Å². The third-order valence-electron chi connectivity index (χ3n) is 3.87. The zero-order chi connectivity index (χ0) is 12.7. The Balaban J connectivity index is 2.09. The van der Waals surface area contributed by atoms with Gasteiger partial charge in [-0.25, -0.2) is 0 Å². The molecule has 2 heterocycles.